The van der Waals surface area contributed by atoms with E-state index in [1.165, 1.54) is 0 Å². The zero-order chi connectivity index (χ0) is 17.8. The van der Waals surface area contributed by atoms with Gasteiger partial charge in [-0.3, -0.25) is 9.89 Å². The maximum absolute atomic E-state index is 12.4. The number of anilines is 2. The van der Waals surface area contributed by atoms with Gasteiger partial charge in [0.15, 0.2) is 5.82 Å². The van der Waals surface area contributed by atoms with Gasteiger partial charge in [-0.15, -0.1) is 0 Å². The number of rotatable bonds is 6. The summed E-state index contributed by atoms with van der Waals surface area (Å²) >= 11 is 0. The van der Waals surface area contributed by atoms with Crippen LogP contribution in [0.15, 0.2) is 55.1 Å². The van der Waals surface area contributed by atoms with Gasteiger partial charge in [0.05, 0.1) is 5.52 Å². The molecule has 0 bridgehead atoms. The number of benzene rings is 2. The lowest BCUT2D eigenvalue weighted by atomic mass is 10.2. The molecule has 0 saturated heterocycles. The van der Waals surface area contributed by atoms with Crippen molar-refractivity contribution < 1.29 is 9.53 Å². The lowest BCUT2D eigenvalue weighted by Crippen LogP contribution is -2.13. The van der Waals surface area contributed by atoms with Crippen molar-refractivity contribution in [1.29, 1.82) is 0 Å². The van der Waals surface area contributed by atoms with Crippen molar-refractivity contribution in [2.24, 2.45) is 0 Å². The number of amides is 1. The fourth-order valence-corrected chi connectivity index (χ4v) is 2.43. The van der Waals surface area contributed by atoms with Gasteiger partial charge in [-0.2, -0.15) is 5.10 Å². The Bertz CT molecular complexity index is 897. The maximum Gasteiger partial charge on any atom is 0.256 e. The molecule has 1 amide bonds. The Morgan fingerprint density at radius 2 is 2.04 bits per heavy atom. The van der Waals surface area contributed by atoms with Crippen LogP contribution in [-0.2, 0) is 0 Å². The molecular weight excluding hydrogens is 316 g/mol. The summed E-state index contributed by atoms with van der Waals surface area (Å²) in [6.45, 7) is 4.06. The molecule has 0 saturated carbocycles. The van der Waals surface area contributed by atoms with Crippen molar-refractivity contribution in [1.82, 2.24) is 10.2 Å². The fraction of sp³-hybridized carbons (Fsp3) is 0.158. The van der Waals surface area contributed by atoms with Gasteiger partial charge in [0.2, 0.25) is 0 Å². The van der Waals surface area contributed by atoms with Gasteiger partial charge in [-0.1, -0.05) is 12.7 Å². The van der Waals surface area contributed by atoms with Gasteiger partial charge < -0.3 is 15.0 Å². The highest BCUT2D eigenvalue weighted by atomic mass is 16.5. The molecule has 25 heavy (non-hydrogen) atoms. The molecule has 2 N–H and O–H groups in total. The van der Waals surface area contributed by atoms with Crippen molar-refractivity contribution in [3.63, 3.8) is 0 Å². The fourth-order valence-electron chi connectivity index (χ4n) is 2.43. The Kier molecular flexibility index (Phi) is 4.70. The Balaban J connectivity index is 1.77. The number of H-pyrrole nitrogens is 1. The van der Waals surface area contributed by atoms with E-state index < -0.39 is 0 Å². The zero-order valence-corrected chi connectivity index (χ0v) is 14.2. The van der Waals surface area contributed by atoms with Gasteiger partial charge in [0, 0.05) is 36.8 Å². The molecule has 0 atom stereocenters. The minimum absolute atomic E-state index is 0.203. The lowest BCUT2D eigenvalue weighted by Gasteiger charge is -2.12. The highest BCUT2D eigenvalue weighted by molar-refractivity contribution is 6.08. The second-order valence-electron chi connectivity index (χ2n) is 5.77. The van der Waals surface area contributed by atoms with Crippen LogP contribution in [-0.4, -0.2) is 36.8 Å². The van der Waals surface area contributed by atoms with E-state index in [2.05, 4.69) is 22.1 Å². The van der Waals surface area contributed by atoms with Crippen molar-refractivity contribution in [3.05, 3.63) is 60.7 Å². The first-order chi connectivity index (χ1) is 12.1. The van der Waals surface area contributed by atoms with Gasteiger partial charge >= 0.3 is 0 Å². The van der Waals surface area contributed by atoms with Gasteiger partial charge in [-0.25, -0.2) is 0 Å². The summed E-state index contributed by atoms with van der Waals surface area (Å²) in [5, 5.41) is 10.8. The normalized spacial score (nSPS) is 10.5. The number of ether oxygens (including phenoxy) is 1. The van der Waals surface area contributed by atoms with Crippen molar-refractivity contribution in [3.8, 4) is 5.75 Å². The number of aromatic nitrogens is 2. The Morgan fingerprint density at radius 1 is 1.28 bits per heavy atom. The quantitative estimate of drug-likeness (QED) is 0.677. The third-order valence-electron chi connectivity index (χ3n) is 3.78. The Morgan fingerprint density at radius 3 is 2.72 bits per heavy atom. The van der Waals surface area contributed by atoms with Crippen molar-refractivity contribution in [2.75, 3.05) is 30.9 Å². The SMILES string of the molecule is C=CCOc1ccc2c(NC(=O)c3ccc(N(C)C)cc3)n[nH]c2c1. The summed E-state index contributed by atoms with van der Waals surface area (Å²) in [6.07, 6.45) is 1.68. The number of nitrogens with zero attached hydrogens (tertiary/aromatic N) is 2. The molecule has 3 rings (SSSR count). The minimum Gasteiger partial charge on any atom is -0.489 e. The van der Waals surface area contributed by atoms with E-state index in [4.69, 9.17) is 4.74 Å². The first-order valence-corrected chi connectivity index (χ1v) is 7.89. The Hall–Kier alpha value is -3.28. The summed E-state index contributed by atoms with van der Waals surface area (Å²) in [5.41, 5.74) is 2.40. The number of carbonyl (C=O) groups is 1. The summed E-state index contributed by atoms with van der Waals surface area (Å²) in [6, 6.07) is 12.9. The number of carbonyl (C=O) groups excluding carboxylic acids is 1. The average molecular weight is 336 g/mol. The van der Waals surface area contributed by atoms with E-state index in [9.17, 15) is 4.79 Å². The number of nitrogens with one attached hydrogen (secondary N) is 2. The van der Waals surface area contributed by atoms with Crippen LogP contribution in [0.1, 0.15) is 10.4 Å². The summed E-state index contributed by atoms with van der Waals surface area (Å²) in [5.74, 6) is 1.01. The highest BCUT2D eigenvalue weighted by Gasteiger charge is 2.12. The highest BCUT2D eigenvalue weighted by Crippen LogP contribution is 2.25. The van der Waals surface area contributed by atoms with E-state index >= 15 is 0 Å². The van der Waals surface area contributed by atoms with E-state index in [1.807, 2.05) is 49.3 Å². The lowest BCUT2D eigenvalue weighted by molar-refractivity contribution is 0.102. The van der Waals surface area contributed by atoms with Crippen molar-refractivity contribution >= 4 is 28.3 Å². The molecule has 0 fully saturated rings. The van der Waals surface area contributed by atoms with E-state index in [-0.39, 0.29) is 5.91 Å². The third-order valence-corrected chi connectivity index (χ3v) is 3.78. The van der Waals surface area contributed by atoms with Crippen LogP contribution in [0.25, 0.3) is 10.9 Å². The van der Waals surface area contributed by atoms with Gasteiger partial charge in [-0.05, 0) is 36.4 Å². The number of fused-ring (bicyclic) bond motifs is 1. The maximum atomic E-state index is 12.4. The minimum atomic E-state index is -0.203. The molecule has 1 aromatic heterocycles. The monoisotopic (exact) mass is 336 g/mol. The van der Waals surface area contributed by atoms with Crippen LogP contribution in [0, 0.1) is 0 Å². The molecule has 0 aliphatic carbocycles. The van der Waals surface area contributed by atoms with Crippen LogP contribution in [0.3, 0.4) is 0 Å². The second-order valence-corrected chi connectivity index (χ2v) is 5.77. The van der Waals surface area contributed by atoms with Gasteiger partial charge in [0.1, 0.15) is 12.4 Å². The van der Waals surface area contributed by atoms with Crippen LogP contribution in [0.2, 0.25) is 0 Å². The molecule has 128 valence electrons. The van der Waals surface area contributed by atoms with Crippen LogP contribution in [0.4, 0.5) is 11.5 Å². The molecular formula is C19H20N4O2. The molecule has 0 unspecified atom stereocenters. The predicted molar refractivity (Wildman–Crippen MR) is 101 cm³/mol. The molecule has 2 aromatic carbocycles. The van der Waals surface area contributed by atoms with Crippen molar-refractivity contribution in [2.45, 2.75) is 0 Å². The molecule has 6 heteroatoms. The summed E-state index contributed by atoms with van der Waals surface area (Å²) in [4.78, 5) is 14.4. The molecule has 1 heterocycles. The van der Waals surface area contributed by atoms with Crippen LogP contribution >= 0.6 is 0 Å². The number of hydrogen-bond acceptors (Lipinski definition) is 4. The third kappa shape index (κ3) is 3.63. The first kappa shape index (κ1) is 16.6. The van der Waals surface area contributed by atoms with E-state index in [1.54, 1.807) is 18.2 Å². The van der Waals surface area contributed by atoms with Crippen LogP contribution in [0.5, 0.6) is 5.75 Å². The molecule has 0 aliphatic heterocycles. The van der Waals surface area contributed by atoms with E-state index in [0.29, 0.717) is 23.7 Å². The molecule has 0 aliphatic rings. The standard InChI is InChI=1S/C19H20N4O2/c1-4-11-25-15-9-10-16-17(12-15)21-22-18(16)20-19(24)13-5-7-14(8-6-13)23(2)3/h4-10,12H,1,11H2,2-3H3,(H2,20,21,22,24). The topological polar surface area (TPSA) is 70.2 Å². The zero-order valence-electron chi connectivity index (χ0n) is 14.2. The molecule has 0 spiro atoms. The summed E-state index contributed by atoms with van der Waals surface area (Å²) < 4.78 is 5.50. The predicted octanol–water partition coefficient (Wildman–Crippen LogP) is 3.45. The molecule has 6 nitrogen and oxygen atoms in total. The average Bonchev–Trinajstić information content (AvgIpc) is 3.02. The molecule has 3 aromatic rings. The number of aromatic amines is 1. The second kappa shape index (κ2) is 7.09. The largest absolute Gasteiger partial charge is 0.489 e. The molecule has 0 radical (unpaired) electrons. The van der Waals surface area contributed by atoms with Gasteiger partial charge in [0.25, 0.3) is 5.91 Å². The smallest absolute Gasteiger partial charge is 0.256 e. The first-order valence-electron chi connectivity index (χ1n) is 7.89. The van der Waals surface area contributed by atoms with Crippen LogP contribution < -0.4 is 15.0 Å². The number of hydrogen-bond donors (Lipinski definition) is 2. The Labute approximate surface area is 146 Å². The van der Waals surface area contributed by atoms with E-state index in [0.717, 1.165) is 16.6 Å². The summed E-state index contributed by atoms with van der Waals surface area (Å²) in [7, 11) is 3.91.